The number of anilines is 1. The summed E-state index contributed by atoms with van der Waals surface area (Å²) >= 11 is 5.51. The molecular weight excluding hydrogens is 215 g/mol. The quantitative estimate of drug-likeness (QED) is 0.681. The Bertz CT molecular complexity index is 367. The first-order valence-corrected chi connectivity index (χ1v) is 4.33. The van der Waals surface area contributed by atoms with Crippen LogP contribution in [0.25, 0.3) is 0 Å². The fourth-order valence-electron chi connectivity index (χ4n) is 0.898. The second-order valence-electron chi connectivity index (χ2n) is 2.83. The van der Waals surface area contributed by atoms with E-state index < -0.39 is 17.8 Å². The Morgan fingerprint density at radius 1 is 1.67 bits per heavy atom. The zero-order valence-corrected chi connectivity index (χ0v) is 9.18. The molecule has 0 aliphatic carbocycles. The predicted molar refractivity (Wildman–Crippen MR) is 53.2 cm³/mol. The molecule has 0 aliphatic heterocycles. The van der Waals surface area contributed by atoms with Gasteiger partial charge in [-0.25, -0.2) is 4.39 Å². The summed E-state index contributed by atoms with van der Waals surface area (Å²) < 4.78 is 12.7. The number of carboxylic acids is 1. The van der Waals surface area contributed by atoms with Gasteiger partial charge in [-0.05, 0) is 25.1 Å². The van der Waals surface area contributed by atoms with Gasteiger partial charge in [-0.15, -0.1) is 0 Å². The van der Waals surface area contributed by atoms with Crippen LogP contribution in [0.2, 0.25) is 5.02 Å². The van der Waals surface area contributed by atoms with Gasteiger partial charge in [0.15, 0.2) is 0 Å². The fourth-order valence-corrected chi connectivity index (χ4v) is 1.08. The summed E-state index contributed by atoms with van der Waals surface area (Å²) in [4.78, 5) is 10.5. The zero-order valence-electron chi connectivity index (χ0n) is 9.42. The third-order valence-corrected chi connectivity index (χ3v) is 1.96. The fraction of sp³-hybridized carbons (Fsp3) is 0.222. The third-order valence-electron chi connectivity index (χ3n) is 1.67. The first kappa shape index (κ1) is 14.3. The number of hydrogen-bond acceptors (Lipinski definition) is 2. The summed E-state index contributed by atoms with van der Waals surface area (Å²) in [5, 5.41) is 11.2. The Hall–Kier alpha value is -0.693. The van der Waals surface area contributed by atoms with Gasteiger partial charge in [0, 0.05) is 5.69 Å². The standard InChI is InChI=1S/C9H9ClFNO2.Li.H/c1-5(9(13)14)12-6-2-3-8(11)7(10)4-6;;/h2-5,12H,1H3,(H,13,14);;/q;+1;-1. The van der Waals surface area contributed by atoms with Crippen LogP contribution in [0.5, 0.6) is 0 Å². The molecule has 0 fully saturated rings. The SMILES string of the molecule is CC(Nc1ccc(F)c(Cl)c1)C(=O)O.[H-].[Li+]. The molecule has 0 radical (unpaired) electrons. The van der Waals surface area contributed by atoms with Gasteiger partial charge in [-0.3, -0.25) is 4.79 Å². The summed E-state index contributed by atoms with van der Waals surface area (Å²) in [5.41, 5.74) is 0.478. The molecule has 0 aliphatic rings. The van der Waals surface area contributed by atoms with Gasteiger partial charge < -0.3 is 11.8 Å². The Labute approximate surface area is 105 Å². The zero-order chi connectivity index (χ0) is 10.7. The van der Waals surface area contributed by atoms with Crippen molar-refractivity contribution in [1.82, 2.24) is 0 Å². The van der Waals surface area contributed by atoms with Crippen molar-refractivity contribution < 1.29 is 34.6 Å². The van der Waals surface area contributed by atoms with Crippen LogP contribution in [0.1, 0.15) is 8.35 Å². The molecule has 1 atom stereocenters. The minimum Gasteiger partial charge on any atom is -1.00 e. The molecule has 78 valence electrons. The van der Waals surface area contributed by atoms with Gasteiger partial charge in [-0.2, -0.15) is 0 Å². The van der Waals surface area contributed by atoms with E-state index in [0.717, 1.165) is 0 Å². The topological polar surface area (TPSA) is 49.3 Å². The van der Waals surface area contributed by atoms with Crippen LogP contribution < -0.4 is 24.2 Å². The van der Waals surface area contributed by atoms with E-state index in [1.807, 2.05) is 0 Å². The van der Waals surface area contributed by atoms with E-state index in [0.29, 0.717) is 5.69 Å². The van der Waals surface area contributed by atoms with E-state index >= 15 is 0 Å². The third kappa shape index (κ3) is 4.13. The summed E-state index contributed by atoms with van der Waals surface area (Å²) in [6.07, 6.45) is 0. The maximum atomic E-state index is 12.7. The number of halogens is 2. The van der Waals surface area contributed by atoms with E-state index in [-0.39, 0.29) is 25.3 Å². The smallest absolute Gasteiger partial charge is 1.00 e. The molecule has 0 heterocycles. The molecule has 0 amide bonds. The Balaban J connectivity index is 0. The second kappa shape index (κ2) is 6.01. The molecule has 3 nitrogen and oxygen atoms in total. The van der Waals surface area contributed by atoms with E-state index in [9.17, 15) is 9.18 Å². The Morgan fingerprint density at radius 2 is 2.27 bits per heavy atom. The van der Waals surface area contributed by atoms with Gasteiger partial charge in [0.25, 0.3) is 0 Å². The number of carbonyl (C=O) groups is 1. The van der Waals surface area contributed by atoms with Crippen molar-refractivity contribution in [2.75, 3.05) is 5.32 Å². The number of nitrogens with one attached hydrogen (secondary N) is 1. The van der Waals surface area contributed by atoms with E-state index in [4.69, 9.17) is 16.7 Å². The molecule has 1 unspecified atom stereocenters. The molecule has 0 saturated heterocycles. The van der Waals surface area contributed by atoms with Gasteiger partial charge in [0.05, 0.1) is 5.02 Å². The molecule has 0 aromatic heterocycles. The van der Waals surface area contributed by atoms with Crippen molar-refractivity contribution in [3.05, 3.63) is 29.0 Å². The Kier molecular flexibility index (Phi) is 5.74. The van der Waals surface area contributed by atoms with E-state index in [1.54, 1.807) is 0 Å². The van der Waals surface area contributed by atoms with E-state index in [1.165, 1.54) is 25.1 Å². The maximum Gasteiger partial charge on any atom is 1.00 e. The first-order chi connectivity index (χ1) is 6.50. The second-order valence-corrected chi connectivity index (χ2v) is 3.24. The molecule has 0 spiro atoms. The molecule has 1 rings (SSSR count). The molecular formula is C9H10ClFLiNO2. The predicted octanol–water partition coefficient (Wildman–Crippen LogP) is -0.519. The summed E-state index contributed by atoms with van der Waals surface area (Å²) in [6.45, 7) is 1.49. The van der Waals surface area contributed by atoms with Crippen LogP contribution in [0.15, 0.2) is 18.2 Å². The summed E-state index contributed by atoms with van der Waals surface area (Å²) in [5.74, 6) is -1.51. The van der Waals surface area contributed by atoms with Crippen LogP contribution in [-0.2, 0) is 4.79 Å². The van der Waals surface area contributed by atoms with Crippen molar-refractivity contribution in [2.24, 2.45) is 0 Å². The van der Waals surface area contributed by atoms with Crippen LogP contribution >= 0.6 is 11.6 Å². The molecule has 6 heteroatoms. The Morgan fingerprint density at radius 3 is 2.73 bits per heavy atom. The van der Waals surface area contributed by atoms with Gasteiger partial charge in [0.1, 0.15) is 11.9 Å². The van der Waals surface area contributed by atoms with Gasteiger partial charge >= 0.3 is 24.8 Å². The minimum atomic E-state index is -0.981. The number of carboxylic acid groups (broad SMARTS) is 1. The molecule has 0 saturated carbocycles. The molecule has 1 aromatic rings. The first-order valence-electron chi connectivity index (χ1n) is 3.95. The molecule has 1 aromatic carbocycles. The molecule has 2 N–H and O–H groups in total. The van der Waals surface area contributed by atoms with Crippen LogP contribution in [0, 0.1) is 5.82 Å². The van der Waals surface area contributed by atoms with E-state index in [2.05, 4.69) is 5.32 Å². The normalized spacial score (nSPS) is 11.4. The monoisotopic (exact) mass is 225 g/mol. The van der Waals surface area contributed by atoms with Crippen molar-refractivity contribution in [1.29, 1.82) is 0 Å². The number of hydrogen-bond donors (Lipinski definition) is 2. The maximum absolute atomic E-state index is 12.7. The molecule has 0 bridgehead atoms. The van der Waals surface area contributed by atoms with Crippen molar-refractivity contribution >= 4 is 23.3 Å². The average molecular weight is 226 g/mol. The van der Waals surface area contributed by atoms with Crippen LogP contribution in [0.3, 0.4) is 0 Å². The molecule has 15 heavy (non-hydrogen) atoms. The van der Waals surface area contributed by atoms with Gasteiger partial charge in [-0.1, -0.05) is 11.6 Å². The summed E-state index contributed by atoms with van der Waals surface area (Å²) in [7, 11) is 0. The van der Waals surface area contributed by atoms with Crippen molar-refractivity contribution in [3.63, 3.8) is 0 Å². The van der Waals surface area contributed by atoms with Crippen LogP contribution in [-0.4, -0.2) is 17.1 Å². The average Bonchev–Trinajstić information content (AvgIpc) is 2.11. The van der Waals surface area contributed by atoms with Crippen LogP contribution in [0.4, 0.5) is 10.1 Å². The number of rotatable bonds is 3. The van der Waals surface area contributed by atoms with Gasteiger partial charge in [0.2, 0.25) is 0 Å². The van der Waals surface area contributed by atoms with Crippen molar-refractivity contribution in [2.45, 2.75) is 13.0 Å². The largest absolute Gasteiger partial charge is 1.00 e. The minimum absolute atomic E-state index is 0. The summed E-state index contributed by atoms with van der Waals surface area (Å²) in [6, 6.07) is 3.22. The van der Waals surface area contributed by atoms with Crippen molar-refractivity contribution in [3.8, 4) is 0 Å². The number of benzene rings is 1. The number of aliphatic carboxylic acids is 1.